The van der Waals surface area contributed by atoms with Crippen LogP contribution >= 0.6 is 34.9 Å². The van der Waals surface area contributed by atoms with Crippen LogP contribution in [-0.4, -0.2) is 77.8 Å². The maximum Gasteiger partial charge on any atom is 1.00 e. The molecule has 3 aromatic rings. The summed E-state index contributed by atoms with van der Waals surface area (Å²) < 4.78 is 6.36. The number of nitrogens with one attached hydrogen (secondary N) is 1. The zero-order valence-corrected chi connectivity index (χ0v) is 29.2. The summed E-state index contributed by atoms with van der Waals surface area (Å²) in [6.45, 7) is -0.578. The first-order chi connectivity index (χ1) is 19.7. The first kappa shape index (κ1) is 35.3. The van der Waals surface area contributed by atoms with Gasteiger partial charge in [0.1, 0.15) is 22.0 Å². The van der Waals surface area contributed by atoms with Gasteiger partial charge in [0.05, 0.1) is 30.6 Å². The Hall–Kier alpha value is -2.22. The molecule has 0 bridgehead atoms. The Kier molecular flexibility index (Phi) is 12.9. The summed E-state index contributed by atoms with van der Waals surface area (Å²) >= 11 is 3.38. The van der Waals surface area contributed by atoms with Crippen LogP contribution in [-0.2, 0) is 32.1 Å². The van der Waals surface area contributed by atoms with Crippen molar-refractivity contribution in [2.45, 2.75) is 29.5 Å². The number of para-hydroxylation sites is 1. The molecule has 1 unspecified atom stereocenters. The Morgan fingerprint density at radius 2 is 1.86 bits per heavy atom. The number of carboxylic acids is 2. The summed E-state index contributed by atoms with van der Waals surface area (Å²) in [6, 6.07) is 9.15. The van der Waals surface area contributed by atoms with Crippen LogP contribution in [0.15, 0.2) is 58.2 Å². The number of β-lactam (4-membered cyclic amide) rings is 1. The average Bonchev–Trinajstić information content (AvgIpc) is 3.59. The van der Waals surface area contributed by atoms with Gasteiger partial charge >= 0.3 is 65.1 Å². The van der Waals surface area contributed by atoms with E-state index in [1.165, 1.54) is 11.8 Å². The molecule has 2 amide bonds. The quantitative estimate of drug-likeness (QED) is 0.0670. The molecule has 2 atom stereocenters. The summed E-state index contributed by atoms with van der Waals surface area (Å²) in [7, 11) is 0. The molecule has 19 heteroatoms. The standard InChI is InChI=1S/C24H20N6O8S3.2Na/c31-15(8-12-6-7-39-19(12)23(37)38-14-4-2-1-3-5-14)25-17-20(34)30-18(22(35)36)13(10-40-21(17)30)11-41-24-26-27-28-29(24)9-16(32)33;;/h1-7,17,21H,8-11H2,(H,25,31)(H,32,33)(H,35,36);;/q;2*+1/p-2/t17?,21-;;/m0../s1. The molecule has 5 rings (SSSR count). The van der Waals surface area contributed by atoms with Crippen LogP contribution in [0.2, 0.25) is 0 Å². The van der Waals surface area contributed by atoms with Gasteiger partial charge in [0.25, 0.3) is 5.91 Å². The minimum absolute atomic E-state index is 0. The third-order valence-electron chi connectivity index (χ3n) is 5.95. The summed E-state index contributed by atoms with van der Waals surface area (Å²) in [5, 5.41) is 37.3. The molecule has 1 aromatic carbocycles. The number of thiophene rings is 1. The van der Waals surface area contributed by atoms with Gasteiger partial charge in [0.2, 0.25) is 11.1 Å². The number of carbonyl (C=O) groups excluding carboxylic acids is 5. The molecular formula is C24H18N6Na2O8S3. The number of hydrogen-bond donors (Lipinski definition) is 1. The van der Waals surface area contributed by atoms with Gasteiger partial charge in [-0.05, 0) is 45.1 Å². The number of fused-ring (bicyclic) bond motifs is 1. The molecule has 1 N–H and O–H groups in total. The van der Waals surface area contributed by atoms with Crippen molar-refractivity contribution >= 4 is 64.6 Å². The normalized spacial score (nSPS) is 17.1. The van der Waals surface area contributed by atoms with E-state index in [0.717, 1.165) is 32.7 Å². The first-order valence-corrected chi connectivity index (χ1v) is 14.7. The van der Waals surface area contributed by atoms with E-state index in [9.17, 15) is 34.2 Å². The summed E-state index contributed by atoms with van der Waals surface area (Å²) in [6.07, 6.45) is -0.185. The topological polar surface area (TPSA) is 200 Å². The maximum absolute atomic E-state index is 13.0. The van der Waals surface area contributed by atoms with Crippen molar-refractivity contribution in [2.24, 2.45) is 0 Å². The third-order valence-corrected chi connectivity index (χ3v) is 9.27. The largest absolute Gasteiger partial charge is 1.00 e. The predicted octanol–water partition coefficient (Wildman–Crippen LogP) is -7.55. The molecule has 43 heavy (non-hydrogen) atoms. The molecule has 1 fully saturated rings. The van der Waals surface area contributed by atoms with Gasteiger partial charge in [-0.1, -0.05) is 30.0 Å². The number of amides is 2. The number of rotatable bonds is 11. The summed E-state index contributed by atoms with van der Waals surface area (Å²) in [5.74, 6) is -4.07. The number of hydrogen-bond acceptors (Lipinski definition) is 14. The molecule has 2 aliphatic heterocycles. The van der Waals surface area contributed by atoms with Gasteiger partial charge in [-0.2, -0.15) is 0 Å². The SMILES string of the molecule is O=C([O-])Cn1nnnc1SCC1=C(C(=O)[O-])N2C(=O)C(NC(=O)Cc3ccsc3C(=O)Oc3ccccc3)[C@@H]2SC1.[Na+].[Na+]. The van der Waals surface area contributed by atoms with Crippen LogP contribution in [0.25, 0.3) is 0 Å². The molecule has 2 aliphatic rings. The fraction of sp³-hybridized carbons (Fsp3) is 0.250. The van der Waals surface area contributed by atoms with Crippen LogP contribution in [0.5, 0.6) is 5.75 Å². The number of aliphatic carboxylic acids is 2. The Labute approximate surface area is 300 Å². The van der Waals surface area contributed by atoms with E-state index in [0.29, 0.717) is 16.9 Å². The van der Waals surface area contributed by atoms with Gasteiger partial charge in [-0.25, -0.2) is 9.48 Å². The Morgan fingerprint density at radius 1 is 1.12 bits per heavy atom. The Bertz CT molecular complexity index is 1570. The molecule has 1 saturated heterocycles. The van der Waals surface area contributed by atoms with Crippen molar-refractivity contribution in [1.29, 1.82) is 0 Å². The summed E-state index contributed by atoms with van der Waals surface area (Å²) in [5.41, 5.74) is 0.487. The predicted molar refractivity (Wildman–Crippen MR) is 140 cm³/mol. The number of ether oxygens (including phenoxy) is 1. The van der Waals surface area contributed by atoms with Gasteiger partial charge < -0.3 is 29.9 Å². The van der Waals surface area contributed by atoms with Crippen LogP contribution in [0.1, 0.15) is 15.2 Å². The van der Waals surface area contributed by atoms with Gasteiger partial charge in [0, 0.05) is 11.5 Å². The van der Waals surface area contributed by atoms with Crippen molar-refractivity contribution in [1.82, 2.24) is 30.4 Å². The van der Waals surface area contributed by atoms with Crippen molar-refractivity contribution < 1.29 is 98.0 Å². The van der Waals surface area contributed by atoms with E-state index in [1.807, 2.05) is 0 Å². The summed E-state index contributed by atoms with van der Waals surface area (Å²) in [4.78, 5) is 62.6. The Balaban J connectivity index is 0.00000253. The number of carbonyl (C=O) groups is 5. The number of carboxylic acid groups (broad SMARTS) is 2. The zero-order chi connectivity index (χ0) is 29.1. The van der Waals surface area contributed by atoms with Crippen molar-refractivity contribution in [3.05, 3.63) is 63.5 Å². The monoisotopic (exact) mass is 660 g/mol. The number of aromatic nitrogens is 4. The fourth-order valence-electron chi connectivity index (χ4n) is 4.15. The van der Waals surface area contributed by atoms with Crippen molar-refractivity contribution in [2.75, 3.05) is 11.5 Å². The number of benzene rings is 1. The number of tetrazole rings is 1. The molecule has 14 nitrogen and oxygen atoms in total. The Morgan fingerprint density at radius 3 is 2.56 bits per heavy atom. The molecular weight excluding hydrogens is 642 g/mol. The second-order valence-corrected chi connectivity index (χ2v) is 11.6. The van der Waals surface area contributed by atoms with Gasteiger partial charge in [-0.3, -0.25) is 14.5 Å². The second kappa shape index (κ2) is 15.7. The molecule has 2 aromatic heterocycles. The number of esters is 1. The van der Waals surface area contributed by atoms with Crippen LogP contribution in [0, 0.1) is 0 Å². The van der Waals surface area contributed by atoms with E-state index >= 15 is 0 Å². The van der Waals surface area contributed by atoms with Gasteiger partial charge in [0.15, 0.2) is 0 Å². The van der Waals surface area contributed by atoms with E-state index in [-0.39, 0.29) is 92.8 Å². The van der Waals surface area contributed by atoms with Crippen molar-refractivity contribution in [3.8, 4) is 5.75 Å². The van der Waals surface area contributed by atoms with Crippen LogP contribution < -0.4 is 79.4 Å². The molecule has 0 saturated carbocycles. The van der Waals surface area contributed by atoms with Crippen molar-refractivity contribution in [3.63, 3.8) is 0 Å². The van der Waals surface area contributed by atoms with E-state index in [1.54, 1.807) is 41.8 Å². The number of thioether (sulfide) groups is 2. The number of nitrogens with zero attached hydrogens (tertiary/aromatic N) is 5. The van der Waals surface area contributed by atoms with E-state index in [4.69, 9.17) is 4.74 Å². The fourth-order valence-corrected chi connectivity index (χ4v) is 7.31. The molecule has 0 spiro atoms. The minimum Gasteiger partial charge on any atom is -0.548 e. The zero-order valence-electron chi connectivity index (χ0n) is 22.8. The molecule has 0 radical (unpaired) electrons. The molecule has 212 valence electrons. The molecule has 4 heterocycles. The first-order valence-electron chi connectivity index (χ1n) is 11.8. The maximum atomic E-state index is 13.0. The third kappa shape index (κ3) is 8.09. The smallest absolute Gasteiger partial charge is 0.548 e. The van der Waals surface area contributed by atoms with Crippen LogP contribution in [0.3, 0.4) is 0 Å². The second-order valence-electron chi connectivity index (χ2n) is 8.63. The van der Waals surface area contributed by atoms with Gasteiger partial charge in [-0.15, -0.1) is 28.2 Å². The van der Waals surface area contributed by atoms with Crippen LogP contribution in [0.4, 0.5) is 0 Å². The minimum atomic E-state index is -1.56. The molecule has 0 aliphatic carbocycles. The average molecular weight is 661 g/mol. The van der Waals surface area contributed by atoms with E-state index < -0.39 is 47.7 Å². The van der Waals surface area contributed by atoms with E-state index in [2.05, 4.69) is 20.8 Å².